The summed E-state index contributed by atoms with van der Waals surface area (Å²) in [6.45, 7) is 4.65. The summed E-state index contributed by atoms with van der Waals surface area (Å²) in [7, 11) is 0. The van der Waals surface area contributed by atoms with E-state index in [-0.39, 0.29) is 0 Å². The van der Waals surface area contributed by atoms with E-state index in [1.807, 2.05) is 24.3 Å². The zero-order chi connectivity index (χ0) is 11.0. The van der Waals surface area contributed by atoms with Gasteiger partial charge in [0.15, 0.2) is 0 Å². The van der Waals surface area contributed by atoms with Crippen LogP contribution in [0.4, 0.5) is 5.69 Å². The summed E-state index contributed by atoms with van der Waals surface area (Å²) in [5.74, 6) is 0. The number of hydrogen-bond acceptors (Lipinski definition) is 3. The molecule has 0 aromatic heterocycles. The first-order valence-electron chi connectivity index (χ1n) is 5.77. The van der Waals surface area contributed by atoms with Gasteiger partial charge >= 0.3 is 0 Å². The maximum Gasteiger partial charge on any atom is 0.0991 e. The molecule has 2 heterocycles. The Kier molecular flexibility index (Phi) is 2.12. The Labute approximate surface area is 95.7 Å². The maximum atomic E-state index is 8.73. The fourth-order valence-electron chi connectivity index (χ4n) is 2.76. The Morgan fingerprint density at radius 1 is 1.25 bits per heavy atom. The minimum atomic E-state index is 0.536. The molecule has 0 aliphatic carbocycles. The zero-order valence-corrected chi connectivity index (χ0v) is 9.24. The van der Waals surface area contributed by atoms with Crippen LogP contribution in [-0.4, -0.2) is 26.2 Å². The molecule has 1 aromatic carbocycles. The van der Waals surface area contributed by atoms with E-state index in [0.29, 0.717) is 5.41 Å². The molecule has 1 spiro atoms. The van der Waals surface area contributed by atoms with Gasteiger partial charge in [-0.05, 0) is 37.2 Å². The first-order valence-corrected chi connectivity index (χ1v) is 5.77. The van der Waals surface area contributed by atoms with E-state index in [2.05, 4.69) is 16.3 Å². The minimum absolute atomic E-state index is 0.536. The molecule has 0 unspecified atom stereocenters. The van der Waals surface area contributed by atoms with Crippen molar-refractivity contribution >= 4 is 5.69 Å². The largest absolute Gasteiger partial charge is 0.370 e. The lowest BCUT2D eigenvalue weighted by molar-refractivity contribution is 0.243. The Hall–Kier alpha value is -1.53. The number of nitrogens with one attached hydrogen (secondary N) is 1. The molecule has 1 N–H and O–H groups in total. The van der Waals surface area contributed by atoms with E-state index in [1.165, 1.54) is 25.2 Å². The molecule has 2 aliphatic rings. The number of hydrogen-bond donors (Lipinski definition) is 1. The molecule has 0 bridgehead atoms. The first-order chi connectivity index (χ1) is 7.81. The van der Waals surface area contributed by atoms with Gasteiger partial charge < -0.3 is 10.2 Å². The average molecular weight is 213 g/mol. The second kappa shape index (κ2) is 3.50. The van der Waals surface area contributed by atoms with E-state index < -0.39 is 0 Å². The van der Waals surface area contributed by atoms with Gasteiger partial charge in [0.2, 0.25) is 0 Å². The van der Waals surface area contributed by atoms with Crippen LogP contribution >= 0.6 is 0 Å². The third-order valence-electron chi connectivity index (χ3n) is 3.75. The molecule has 3 rings (SSSR count). The molecule has 2 aliphatic heterocycles. The van der Waals surface area contributed by atoms with Crippen molar-refractivity contribution in [2.24, 2.45) is 5.41 Å². The van der Waals surface area contributed by atoms with E-state index >= 15 is 0 Å². The first kappa shape index (κ1) is 9.68. The Morgan fingerprint density at radius 2 is 2.00 bits per heavy atom. The Bertz CT molecular complexity index is 415. The summed E-state index contributed by atoms with van der Waals surface area (Å²) in [5.41, 5.74) is 2.52. The van der Waals surface area contributed by atoms with Crippen LogP contribution in [-0.2, 0) is 0 Å². The summed E-state index contributed by atoms with van der Waals surface area (Å²) in [4.78, 5) is 2.40. The van der Waals surface area contributed by atoms with Gasteiger partial charge in [-0.25, -0.2) is 0 Å². The van der Waals surface area contributed by atoms with E-state index in [1.54, 1.807) is 0 Å². The summed E-state index contributed by atoms with van der Waals surface area (Å²) in [6, 6.07) is 10.0. The van der Waals surface area contributed by atoms with Crippen LogP contribution in [0.5, 0.6) is 0 Å². The molecular weight excluding hydrogens is 198 g/mol. The molecule has 1 aromatic rings. The van der Waals surface area contributed by atoms with Crippen LogP contribution in [0, 0.1) is 16.7 Å². The van der Waals surface area contributed by atoms with Gasteiger partial charge in [-0.3, -0.25) is 0 Å². The maximum absolute atomic E-state index is 8.73. The molecule has 2 fully saturated rings. The van der Waals surface area contributed by atoms with E-state index in [4.69, 9.17) is 5.26 Å². The second-order valence-electron chi connectivity index (χ2n) is 4.94. The highest BCUT2D eigenvalue weighted by Gasteiger charge is 2.44. The Balaban J connectivity index is 1.69. The number of nitriles is 1. The number of rotatable bonds is 1. The Morgan fingerprint density at radius 3 is 2.56 bits per heavy atom. The lowest BCUT2D eigenvalue weighted by atomic mass is 9.79. The number of benzene rings is 1. The fourth-order valence-corrected chi connectivity index (χ4v) is 2.76. The van der Waals surface area contributed by atoms with Crippen molar-refractivity contribution in [3.63, 3.8) is 0 Å². The molecule has 0 radical (unpaired) electrons. The predicted octanol–water partition coefficient (Wildman–Crippen LogP) is 1.36. The average Bonchev–Trinajstić information content (AvgIpc) is 2.76. The van der Waals surface area contributed by atoms with Crippen LogP contribution < -0.4 is 10.2 Å². The topological polar surface area (TPSA) is 39.1 Å². The molecule has 3 nitrogen and oxygen atoms in total. The summed E-state index contributed by atoms with van der Waals surface area (Å²) < 4.78 is 0. The lowest BCUT2D eigenvalue weighted by Gasteiger charge is -2.49. The van der Waals surface area contributed by atoms with Gasteiger partial charge in [0.25, 0.3) is 0 Å². The molecule has 0 atom stereocenters. The van der Waals surface area contributed by atoms with Crippen molar-refractivity contribution in [1.29, 1.82) is 5.26 Å². The predicted molar refractivity (Wildman–Crippen MR) is 63.3 cm³/mol. The summed E-state index contributed by atoms with van der Waals surface area (Å²) >= 11 is 0. The highest BCUT2D eigenvalue weighted by molar-refractivity contribution is 5.52. The molecule has 3 heteroatoms. The van der Waals surface area contributed by atoms with Gasteiger partial charge in [-0.15, -0.1) is 0 Å². The van der Waals surface area contributed by atoms with Crippen molar-refractivity contribution in [2.45, 2.75) is 6.42 Å². The highest BCUT2D eigenvalue weighted by Crippen LogP contribution is 2.38. The van der Waals surface area contributed by atoms with Gasteiger partial charge in [0.05, 0.1) is 11.6 Å². The van der Waals surface area contributed by atoms with Crippen LogP contribution in [0.3, 0.4) is 0 Å². The van der Waals surface area contributed by atoms with E-state index in [9.17, 15) is 0 Å². The molecule has 0 saturated carbocycles. The monoisotopic (exact) mass is 213 g/mol. The van der Waals surface area contributed by atoms with Crippen LogP contribution in [0.15, 0.2) is 24.3 Å². The second-order valence-corrected chi connectivity index (χ2v) is 4.94. The normalized spacial score (nSPS) is 21.8. The molecule has 2 saturated heterocycles. The minimum Gasteiger partial charge on any atom is -0.370 e. The lowest BCUT2D eigenvalue weighted by Crippen LogP contribution is -2.57. The number of anilines is 1. The van der Waals surface area contributed by atoms with Gasteiger partial charge in [0.1, 0.15) is 0 Å². The molecule has 16 heavy (non-hydrogen) atoms. The zero-order valence-electron chi connectivity index (χ0n) is 9.24. The quantitative estimate of drug-likeness (QED) is 0.765. The molecule has 82 valence electrons. The fraction of sp³-hybridized carbons (Fsp3) is 0.462. The van der Waals surface area contributed by atoms with Gasteiger partial charge in [0, 0.05) is 30.7 Å². The SMILES string of the molecule is N#Cc1ccc(N2CC3(CCNC3)C2)cc1. The highest BCUT2D eigenvalue weighted by atomic mass is 15.2. The third-order valence-corrected chi connectivity index (χ3v) is 3.75. The molecule has 0 amide bonds. The smallest absolute Gasteiger partial charge is 0.0991 e. The van der Waals surface area contributed by atoms with Crippen molar-refractivity contribution in [2.75, 3.05) is 31.1 Å². The molecular formula is C13H15N3. The van der Waals surface area contributed by atoms with Crippen molar-refractivity contribution in [3.8, 4) is 6.07 Å². The standard InChI is InChI=1S/C13H15N3/c14-7-11-1-3-12(4-2-11)16-9-13(10-16)5-6-15-8-13/h1-4,15H,5-6,8-10H2. The van der Waals surface area contributed by atoms with E-state index in [0.717, 1.165) is 18.7 Å². The number of nitrogens with zero attached hydrogens (tertiary/aromatic N) is 2. The summed E-state index contributed by atoms with van der Waals surface area (Å²) in [6.07, 6.45) is 1.31. The van der Waals surface area contributed by atoms with Crippen molar-refractivity contribution in [3.05, 3.63) is 29.8 Å². The third kappa shape index (κ3) is 1.46. The van der Waals surface area contributed by atoms with Crippen LogP contribution in [0.2, 0.25) is 0 Å². The van der Waals surface area contributed by atoms with Crippen LogP contribution in [0.1, 0.15) is 12.0 Å². The van der Waals surface area contributed by atoms with Gasteiger partial charge in [-0.2, -0.15) is 5.26 Å². The van der Waals surface area contributed by atoms with Gasteiger partial charge in [-0.1, -0.05) is 0 Å². The summed E-state index contributed by atoms with van der Waals surface area (Å²) in [5, 5.41) is 12.2. The van der Waals surface area contributed by atoms with Crippen molar-refractivity contribution < 1.29 is 0 Å². The van der Waals surface area contributed by atoms with Crippen LogP contribution in [0.25, 0.3) is 0 Å². The van der Waals surface area contributed by atoms with Crippen molar-refractivity contribution in [1.82, 2.24) is 5.32 Å².